The zero-order valence-corrected chi connectivity index (χ0v) is 11.0. The van der Waals surface area contributed by atoms with E-state index in [1.54, 1.807) is 0 Å². The Labute approximate surface area is 101 Å². The minimum atomic E-state index is -0.604. The standard InChI is InChI=1S/C11H23N3OS/c1-13-2-4-14(5-3-13)6-7-16(15)10-11-8-12-9-11/h11-12H,2-10H2,1H3. The lowest BCUT2D eigenvalue weighted by Crippen LogP contribution is -2.47. The molecule has 0 spiro atoms. The van der Waals surface area contributed by atoms with Gasteiger partial charge in [-0.2, -0.15) is 0 Å². The first kappa shape index (κ1) is 12.5. The molecule has 2 aliphatic rings. The summed E-state index contributed by atoms with van der Waals surface area (Å²) in [4.78, 5) is 4.80. The van der Waals surface area contributed by atoms with Crippen LogP contribution in [0.1, 0.15) is 0 Å². The van der Waals surface area contributed by atoms with Crippen molar-refractivity contribution in [1.82, 2.24) is 15.1 Å². The molecule has 0 amide bonds. The van der Waals surface area contributed by atoms with Gasteiger partial charge in [0.15, 0.2) is 0 Å². The van der Waals surface area contributed by atoms with Crippen molar-refractivity contribution in [3.8, 4) is 0 Å². The van der Waals surface area contributed by atoms with Crippen LogP contribution in [0.2, 0.25) is 0 Å². The van der Waals surface area contributed by atoms with Crippen molar-refractivity contribution in [2.24, 2.45) is 5.92 Å². The third kappa shape index (κ3) is 3.80. The fourth-order valence-electron chi connectivity index (χ4n) is 2.11. The van der Waals surface area contributed by atoms with E-state index in [0.29, 0.717) is 5.92 Å². The number of hydrogen-bond acceptors (Lipinski definition) is 4. The molecule has 1 atom stereocenters. The maximum absolute atomic E-state index is 11.8. The Morgan fingerprint density at radius 3 is 2.50 bits per heavy atom. The van der Waals surface area contributed by atoms with Crippen LogP contribution < -0.4 is 5.32 Å². The zero-order chi connectivity index (χ0) is 11.4. The first-order chi connectivity index (χ1) is 7.74. The molecule has 0 radical (unpaired) electrons. The van der Waals surface area contributed by atoms with Gasteiger partial charge in [0, 0.05) is 68.1 Å². The predicted molar refractivity (Wildman–Crippen MR) is 68.2 cm³/mol. The summed E-state index contributed by atoms with van der Waals surface area (Å²) in [6, 6.07) is 0. The third-order valence-electron chi connectivity index (χ3n) is 3.52. The summed E-state index contributed by atoms with van der Waals surface area (Å²) in [5, 5.41) is 3.23. The summed E-state index contributed by atoms with van der Waals surface area (Å²) in [7, 11) is 1.56. The van der Waals surface area contributed by atoms with Crippen molar-refractivity contribution in [1.29, 1.82) is 0 Å². The zero-order valence-electron chi connectivity index (χ0n) is 10.2. The van der Waals surface area contributed by atoms with Crippen LogP contribution in [0.4, 0.5) is 0 Å². The molecule has 0 bridgehead atoms. The van der Waals surface area contributed by atoms with Gasteiger partial charge in [0.25, 0.3) is 0 Å². The summed E-state index contributed by atoms with van der Waals surface area (Å²) in [5.74, 6) is 2.44. The largest absolute Gasteiger partial charge is 0.316 e. The fourth-order valence-corrected chi connectivity index (χ4v) is 3.50. The predicted octanol–water partition coefficient (Wildman–Crippen LogP) is -0.798. The second-order valence-electron chi connectivity index (χ2n) is 4.98. The molecule has 4 nitrogen and oxygen atoms in total. The molecule has 94 valence electrons. The number of nitrogens with one attached hydrogen (secondary N) is 1. The Balaban J connectivity index is 1.57. The summed E-state index contributed by atoms with van der Waals surface area (Å²) < 4.78 is 11.8. The molecular formula is C11H23N3OS. The Morgan fingerprint density at radius 1 is 1.25 bits per heavy atom. The maximum atomic E-state index is 11.8. The molecule has 16 heavy (non-hydrogen) atoms. The minimum absolute atomic E-state index is 0.604. The van der Waals surface area contributed by atoms with Gasteiger partial charge < -0.3 is 10.2 Å². The molecule has 2 rings (SSSR count). The van der Waals surface area contributed by atoms with E-state index >= 15 is 0 Å². The third-order valence-corrected chi connectivity index (χ3v) is 5.00. The Morgan fingerprint density at radius 2 is 1.94 bits per heavy atom. The number of nitrogens with zero attached hydrogens (tertiary/aromatic N) is 2. The lowest BCUT2D eigenvalue weighted by Gasteiger charge is -2.32. The molecule has 2 heterocycles. The lowest BCUT2D eigenvalue weighted by atomic mass is 10.1. The van der Waals surface area contributed by atoms with Gasteiger partial charge in [0.2, 0.25) is 0 Å². The van der Waals surface area contributed by atoms with E-state index in [-0.39, 0.29) is 0 Å². The van der Waals surface area contributed by atoms with E-state index in [1.807, 2.05) is 0 Å². The smallest absolute Gasteiger partial charge is 0.0362 e. The number of rotatable bonds is 5. The topological polar surface area (TPSA) is 35.6 Å². The van der Waals surface area contributed by atoms with Crippen LogP contribution in [0.3, 0.4) is 0 Å². The Kier molecular flexibility index (Phi) is 4.76. The highest BCUT2D eigenvalue weighted by molar-refractivity contribution is 7.85. The SMILES string of the molecule is CN1CCN(CCS(=O)CC2CNC2)CC1. The molecule has 1 N–H and O–H groups in total. The molecule has 0 aromatic carbocycles. The average Bonchev–Trinajstić information content (AvgIpc) is 2.23. The van der Waals surface area contributed by atoms with E-state index in [9.17, 15) is 4.21 Å². The second kappa shape index (κ2) is 6.10. The van der Waals surface area contributed by atoms with Gasteiger partial charge >= 0.3 is 0 Å². The molecule has 2 fully saturated rings. The molecule has 2 aliphatic heterocycles. The van der Waals surface area contributed by atoms with Crippen LogP contribution in [0, 0.1) is 5.92 Å². The van der Waals surface area contributed by atoms with E-state index in [0.717, 1.165) is 57.3 Å². The van der Waals surface area contributed by atoms with Gasteiger partial charge in [-0.3, -0.25) is 9.11 Å². The van der Waals surface area contributed by atoms with Crippen molar-refractivity contribution in [3.63, 3.8) is 0 Å². The van der Waals surface area contributed by atoms with Gasteiger partial charge in [-0.15, -0.1) is 0 Å². The summed E-state index contributed by atoms with van der Waals surface area (Å²) in [6.45, 7) is 7.73. The van der Waals surface area contributed by atoms with E-state index in [4.69, 9.17) is 0 Å². The summed E-state index contributed by atoms with van der Waals surface area (Å²) in [6.07, 6.45) is 0. The molecule has 0 aromatic heterocycles. The van der Waals surface area contributed by atoms with Crippen LogP contribution >= 0.6 is 0 Å². The number of likely N-dealkylation sites (N-methyl/N-ethyl adjacent to an activating group) is 1. The first-order valence-electron chi connectivity index (χ1n) is 6.20. The van der Waals surface area contributed by atoms with Gasteiger partial charge in [-0.1, -0.05) is 0 Å². The van der Waals surface area contributed by atoms with Crippen LogP contribution in [0.5, 0.6) is 0 Å². The second-order valence-corrected chi connectivity index (χ2v) is 6.60. The highest BCUT2D eigenvalue weighted by Crippen LogP contribution is 2.05. The lowest BCUT2D eigenvalue weighted by molar-refractivity contribution is 0.161. The minimum Gasteiger partial charge on any atom is -0.316 e. The highest BCUT2D eigenvalue weighted by Gasteiger charge is 2.20. The van der Waals surface area contributed by atoms with Crippen LogP contribution in [0.25, 0.3) is 0 Å². The highest BCUT2D eigenvalue weighted by atomic mass is 32.2. The van der Waals surface area contributed by atoms with Crippen LogP contribution in [0.15, 0.2) is 0 Å². The fraction of sp³-hybridized carbons (Fsp3) is 1.00. The molecule has 2 saturated heterocycles. The normalized spacial score (nSPS) is 26.6. The first-order valence-corrected chi connectivity index (χ1v) is 7.69. The van der Waals surface area contributed by atoms with Gasteiger partial charge in [-0.25, -0.2) is 0 Å². The number of piperazine rings is 1. The molecule has 0 aromatic rings. The quantitative estimate of drug-likeness (QED) is 0.688. The van der Waals surface area contributed by atoms with E-state index in [2.05, 4.69) is 22.2 Å². The molecule has 0 aliphatic carbocycles. The van der Waals surface area contributed by atoms with Gasteiger partial charge in [0.1, 0.15) is 0 Å². The van der Waals surface area contributed by atoms with Crippen LogP contribution in [-0.2, 0) is 10.8 Å². The molecule has 1 unspecified atom stereocenters. The van der Waals surface area contributed by atoms with Crippen molar-refractivity contribution in [3.05, 3.63) is 0 Å². The Bertz CT molecular complexity index is 237. The van der Waals surface area contributed by atoms with Crippen molar-refractivity contribution in [2.75, 3.05) is 64.4 Å². The van der Waals surface area contributed by atoms with Gasteiger partial charge in [0.05, 0.1) is 0 Å². The monoisotopic (exact) mass is 245 g/mol. The van der Waals surface area contributed by atoms with E-state index in [1.165, 1.54) is 0 Å². The summed E-state index contributed by atoms with van der Waals surface area (Å²) >= 11 is 0. The van der Waals surface area contributed by atoms with Crippen molar-refractivity contribution in [2.45, 2.75) is 0 Å². The summed E-state index contributed by atoms with van der Waals surface area (Å²) in [5.41, 5.74) is 0. The molecule has 5 heteroatoms. The maximum Gasteiger partial charge on any atom is 0.0362 e. The van der Waals surface area contributed by atoms with Crippen molar-refractivity contribution < 1.29 is 4.21 Å². The van der Waals surface area contributed by atoms with E-state index < -0.39 is 10.8 Å². The molecule has 0 saturated carbocycles. The van der Waals surface area contributed by atoms with Crippen LogP contribution in [-0.4, -0.2) is 78.4 Å². The number of hydrogen-bond donors (Lipinski definition) is 1. The average molecular weight is 245 g/mol. The van der Waals surface area contributed by atoms with Gasteiger partial charge in [-0.05, 0) is 13.0 Å². The molecular weight excluding hydrogens is 222 g/mol. The Hall–Kier alpha value is 0.0300. The van der Waals surface area contributed by atoms with Crippen molar-refractivity contribution >= 4 is 10.8 Å².